The van der Waals surface area contributed by atoms with Crippen LogP contribution in [0.2, 0.25) is 0 Å². The van der Waals surface area contributed by atoms with Gasteiger partial charge in [0.25, 0.3) is 0 Å². The molecule has 0 N–H and O–H groups in total. The Hall–Kier alpha value is -2.17. The molecule has 0 unspecified atom stereocenters. The summed E-state index contributed by atoms with van der Waals surface area (Å²) in [6, 6.07) is 5.25. The van der Waals surface area contributed by atoms with Gasteiger partial charge in [-0.1, -0.05) is 0 Å². The molecular weight excluding hydrogens is 244 g/mol. The predicted octanol–water partition coefficient (Wildman–Crippen LogP) is 2.35. The molecule has 0 bridgehead atoms. The summed E-state index contributed by atoms with van der Waals surface area (Å²) in [6.07, 6.45) is 3.93. The largest absolute Gasteiger partial charge is 0.488 e. The molecule has 0 saturated heterocycles. The van der Waals surface area contributed by atoms with Crippen molar-refractivity contribution >= 4 is 16.9 Å². The molecular formula is C14H14N2O3. The molecule has 5 heteroatoms. The summed E-state index contributed by atoms with van der Waals surface area (Å²) in [6.45, 7) is 2.14. The fourth-order valence-corrected chi connectivity index (χ4v) is 1.86. The minimum Gasteiger partial charge on any atom is -0.488 e. The Labute approximate surface area is 110 Å². The number of benzene rings is 1. The lowest BCUT2D eigenvalue weighted by Crippen LogP contribution is -2.06. The molecule has 1 aromatic heterocycles. The van der Waals surface area contributed by atoms with Gasteiger partial charge in [-0.3, -0.25) is 0 Å². The number of rotatable bonds is 4. The summed E-state index contributed by atoms with van der Waals surface area (Å²) in [5.74, 6) is 0.262. The number of carbonyl (C=O) groups excluding carboxylic acids is 1. The third kappa shape index (κ3) is 2.50. The van der Waals surface area contributed by atoms with Crippen molar-refractivity contribution in [2.45, 2.75) is 25.9 Å². The van der Waals surface area contributed by atoms with Gasteiger partial charge in [0.15, 0.2) is 0 Å². The summed E-state index contributed by atoms with van der Waals surface area (Å²) in [5, 5.41) is 8.78. The van der Waals surface area contributed by atoms with Gasteiger partial charge in [-0.05, 0) is 38.0 Å². The van der Waals surface area contributed by atoms with E-state index in [-0.39, 0.29) is 12.1 Å². The molecule has 1 fully saturated rings. The molecule has 19 heavy (non-hydrogen) atoms. The van der Waals surface area contributed by atoms with E-state index in [0.29, 0.717) is 23.4 Å². The minimum atomic E-state index is -0.346. The first-order valence-corrected chi connectivity index (χ1v) is 6.37. The van der Waals surface area contributed by atoms with Gasteiger partial charge in [-0.2, -0.15) is 5.10 Å². The van der Waals surface area contributed by atoms with E-state index >= 15 is 0 Å². The van der Waals surface area contributed by atoms with E-state index in [0.717, 1.165) is 18.2 Å². The molecule has 3 rings (SSSR count). The fourth-order valence-electron chi connectivity index (χ4n) is 1.86. The summed E-state index contributed by atoms with van der Waals surface area (Å²) >= 11 is 0. The molecule has 1 aliphatic rings. The molecule has 1 aliphatic carbocycles. The van der Waals surface area contributed by atoms with Crippen molar-refractivity contribution in [1.82, 2.24) is 10.2 Å². The van der Waals surface area contributed by atoms with Crippen LogP contribution in [0.4, 0.5) is 0 Å². The quantitative estimate of drug-likeness (QED) is 0.788. The number of aromatic nitrogens is 2. The molecule has 0 spiro atoms. The van der Waals surface area contributed by atoms with Gasteiger partial charge < -0.3 is 9.47 Å². The number of ether oxygens (including phenoxy) is 2. The maximum atomic E-state index is 11.8. The van der Waals surface area contributed by atoms with Crippen LogP contribution in [0.25, 0.3) is 10.9 Å². The normalized spacial score (nSPS) is 14.4. The Kier molecular flexibility index (Phi) is 3.03. The van der Waals surface area contributed by atoms with Crippen LogP contribution in [-0.2, 0) is 4.74 Å². The molecule has 1 saturated carbocycles. The lowest BCUT2D eigenvalue weighted by molar-refractivity contribution is 0.0526. The second-order valence-electron chi connectivity index (χ2n) is 4.48. The van der Waals surface area contributed by atoms with Crippen molar-refractivity contribution in [3.63, 3.8) is 0 Å². The molecule has 0 amide bonds. The maximum Gasteiger partial charge on any atom is 0.338 e. The van der Waals surface area contributed by atoms with Crippen LogP contribution in [0.3, 0.4) is 0 Å². The maximum absolute atomic E-state index is 11.8. The van der Waals surface area contributed by atoms with Crippen molar-refractivity contribution in [3.8, 4) is 5.75 Å². The molecule has 0 aliphatic heterocycles. The van der Waals surface area contributed by atoms with E-state index < -0.39 is 0 Å². The lowest BCUT2D eigenvalue weighted by atomic mass is 10.1. The van der Waals surface area contributed by atoms with Crippen LogP contribution < -0.4 is 4.74 Å². The van der Waals surface area contributed by atoms with Gasteiger partial charge in [-0.25, -0.2) is 4.79 Å². The smallest absolute Gasteiger partial charge is 0.338 e. The van der Waals surface area contributed by atoms with Crippen molar-refractivity contribution < 1.29 is 14.3 Å². The zero-order chi connectivity index (χ0) is 13.2. The van der Waals surface area contributed by atoms with Crippen LogP contribution in [0.5, 0.6) is 5.75 Å². The topological polar surface area (TPSA) is 61.3 Å². The zero-order valence-corrected chi connectivity index (χ0v) is 10.6. The first-order valence-electron chi connectivity index (χ1n) is 6.37. The van der Waals surface area contributed by atoms with Gasteiger partial charge in [0.2, 0.25) is 0 Å². The monoisotopic (exact) mass is 258 g/mol. The van der Waals surface area contributed by atoms with Gasteiger partial charge in [-0.15, -0.1) is 5.10 Å². The molecule has 0 radical (unpaired) electrons. The average molecular weight is 258 g/mol. The highest BCUT2D eigenvalue weighted by Crippen LogP contribution is 2.32. The third-order valence-corrected chi connectivity index (χ3v) is 2.91. The molecule has 2 aromatic rings. The molecule has 1 heterocycles. The molecule has 98 valence electrons. The number of fused-ring (bicyclic) bond motifs is 1. The minimum absolute atomic E-state index is 0.239. The highest BCUT2D eigenvalue weighted by atomic mass is 16.5. The highest BCUT2D eigenvalue weighted by Gasteiger charge is 2.25. The zero-order valence-electron chi connectivity index (χ0n) is 10.6. The third-order valence-electron chi connectivity index (χ3n) is 2.91. The predicted molar refractivity (Wildman–Crippen MR) is 69.1 cm³/mol. The average Bonchev–Trinajstić information content (AvgIpc) is 3.23. The number of hydrogen-bond acceptors (Lipinski definition) is 5. The number of esters is 1. The Balaban J connectivity index is 2.06. The van der Waals surface area contributed by atoms with Crippen LogP contribution in [0.15, 0.2) is 24.4 Å². The Morgan fingerprint density at radius 3 is 3.00 bits per heavy atom. The second kappa shape index (κ2) is 4.84. The van der Waals surface area contributed by atoms with E-state index in [9.17, 15) is 4.79 Å². The first-order chi connectivity index (χ1) is 9.28. The van der Waals surface area contributed by atoms with E-state index in [2.05, 4.69) is 10.2 Å². The SMILES string of the molecule is CCOC(=O)c1cc(OC2CC2)c2nnccc2c1. The number of nitrogens with zero attached hydrogens (tertiary/aromatic N) is 2. The van der Waals surface area contributed by atoms with Gasteiger partial charge in [0.05, 0.1) is 24.5 Å². The van der Waals surface area contributed by atoms with E-state index in [1.807, 2.05) is 6.07 Å². The Bertz CT molecular complexity index is 623. The van der Waals surface area contributed by atoms with E-state index in [1.165, 1.54) is 0 Å². The number of hydrogen-bond donors (Lipinski definition) is 0. The summed E-state index contributed by atoms with van der Waals surface area (Å²) in [5.41, 5.74) is 1.17. The Morgan fingerprint density at radius 2 is 2.26 bits per heavy atom. The van der Waals surface area contributed by atoms with E-state index in [1.54, 1.807) is 25.3 Å². The van der Waals surface area contributed by atoms with E-state index in [4.69, 9.17) is 9.47 Å². The summed E-state index contributed by atoms with van der Waals surface area (Å²) < 4.78 is 10.8. The fraction of sp³-hybridized carbons (Fsp3) is 0.357. The molecule has 1 aromatic carbocycles. The highest BCUT2D eigenvalue weighted by molar-refractivity contribution is 5.96. The van der Waals surface area contributed by atoms with Crippen molar-refractivity contribution in [3.05, 3.63) is 30.0 Å². The molecule has 0 atom stereocenters. The number of carbonyl (C=O) groups is 1. The Morgan fingerprint density at radius 1 is 1.42 bits per heavy atom. The standard InChI is InChI=1S/C14H14N2O3/c1-2-18-14(17)10-7-9-5-6-15-16-13(9)12(8-10)19-11-3-4-11/h5-8,11H,2-4H2,1H3. The van der Waals surface area contributed by atoms with Gasteiger partial charge >= 0.3 is 5.97 Å². The van der Waals surface area contributed by atoms with Crippen molar-refractivity contribution in [2.75, 3.05) is 6.61 Å². The first kappa shape index (κ1) is 11.9. The second-order valence-corrected chi connectivity index (χ2v) is 4.48. The van der Waals surface area contributed by atoms with Crippen LogP contribution in [-0.4, -0.2) is 28.9 Å². The van der Waals surface area contributed by atoms with Gasteiger partial charge in [0.1, 0.15) is 11.3 Å². The van der Waals surface area contributed by atoms with Gasteiger partial charge in [0, 0.05) is 5.39 Å². The van der Waals surface area contributed by atoms with Crippen molar-refractivity contribution in [2.24, 2.45) is 0 Å². The summed E-state index contributed by atoms with van der Waals surface area (Å²) in [4.78, 5) is 11.8. The van der Waals surface area contributed by atoms with Crippen LogP contribution >= 0.6 is 0 Å². The molecule has 5 nitrogen and oxygen atoms in total. The van der Waals surface area contributed by atoms with Crippen molar-refractivity contribution in [1.29, 1.82) is 0 Å². The van der Waals surface area contributed by atoms with Crippen LogP contribution in [0.1, 0.15) is 30.1 Å². The summed E-state index contributed by atoms with van der Waals surface area (Å²) in [7, 11) is 0. The van der Waals surface area contributed by atoms with Crippen LogP contribution in [0, 0.1) is 0 Å². The lowest BCUT2D eigenvalue weighted by Gasteiger charge is -2.09.